The van der Waals surface area contributed by atoms with E-state index < -0.39 is 0 Å². The highest BCUT2D eigenvalue weighted by molar-refractivity contribution is 6.30. The van der Waals surface area contributed by atoms with Crippen molar-refractivity contribution in [1.82, 2.24) is 0 Å². The summed E-state index contributed by atoms with van der Waals surface area (Å²) in [5.41, 5.74) is 2.05. The Bertz CT molecular complexity index is 485. The molecule has 0 aliphatic rings. The number of aryl methyl sites for hydroxylation is 1. The van der Waals surface area contributed by atoms with Crippen LogP contribution in [-0.4, -0.2) is 5.91 Å². The second-order valence-electron chi connectivity index (χ2n) is 4.13. The highest BCUT2D eigenvalue weighted by Crippen LogP contribution is 2.10. The number of nitrogens with one attached hydrogen (secondary N) is 2. The number of carbonyl (C=O) groups excluding carboxylic acids is 1. The zero-order valence-electron chi connectivity index (χ0n) is 10.0. The van der Waals surface area contributed by atoms with E-state index in [1.807, 2.05) is 37.4 Å². The number of amides is 1. The van der Waals surface area contributed by atoms with Crippen molar-refractivity contribution < 1.29 is 9.78 Å². The highest BCUT2D eigenvalue weighted by atomic mass is 35.5. The maximum atomic E-state index is 11.8. The number of carbonyl (C=O) groups is 1. The first-order chi connectivity index (χ1) is 8.63. The molecule has 3 nitrogen and oxygen atoms in total. The van der Waals surface area contributed by atoms with Gasteiger partial charge in [-0.05, 0) is 36.2 Å². The minimum Gasteiger partial charge on any atom is -0.247 e. The number of aromatic amines is 1. The van der Waals surface area contributed by atoms with Gasteiger partial charge in [-0.15, -0.1) is 0 Å². The molecule has 1 aromatic heterocycles. The van der Waals surface area contributed by atoms with Gasteiger partial charge in [0.15, 0.2) is 0 Å². The molecule has 2 N–H and O–H groups in total. The van der Waals surface area contributed by atoms with Gasteiger partial charge in [0.25, 0.3) is 5.82 Å². The van der Waals surface area contributed by atoms with E-state index in [2.05, 4.69) is 10.3 Å². The van der Waals surface area contributed by atoms with Crippen molar-refractivity contribution in [2.75, 3.05) is 5.32 Å². The standard InChI is InChI=1S/C14H13ClN2O/c1-10-2-7-13(16-9-10)17-14(18)8-11-3-5-12(15)6-4-11/h2-7,9H,8H2,1H3,(H,16,17,18)/p+1. The quantitative estimate of drug-likeness (QED) is 0.907. The average Bonchev–Trinajstić information content (AvgIpc) is 2.35. The van der Waals surface area contributed by atoms with Crippen LogP contribution in [0.15, 0.2) is 42.6 Å². The van der Waals surface area contributed by atoms with Gasteiger partial charge in [-0.2, -0.15) is 0 Å². The second-order valence-corrected chi connectivity index (χ2v) is 4.57. The van der Waals surface area contributed by atoms with Crippen LogP contribution in [0.3, 0.4) is 0 Å². The summed E-state index contributed by atoms with van der Waals surface area (Å²) in [4.78, 5) is 14.8. The minimum absolute atomic E-state index is 0.0579. The summed E-state index contributed by atoms with van der Waals surface area (Å²) in [5, 5.41) is 3.48. The fourth-order valence-corrected chi connectivity index (χ4v) is 1.69. The summed E-state index contributed by atoms with van der Waals surface area (Å²) in [6.45, 7) is 1.98. The molecule has 0 radical (unpaired) electrons. The summed E-state index contributed by atoms with van der Waals surface area (Å²) < 4.78 is 0. The normalized spacial score (nSPS) is 10.1. The van der Waals surface area contributed by atoms with Gasteiger partial charge >= 0.3 is 5.91 Å². The van der Waals surface area contributed by atoms with Gasteiger partial charge in [-0.3, -0.25) is 0 Å². The van der Waals surface area contributed by atoms with Crippen LogP contribution in [0.1, 0.15) is 11.1 Å². The Morgan fingerprint density at radius 3 is 2.56 bits per heavy atom. The van der Waals surface area contributed by atoms with E-state index in [1.165, 1.54) is 0 Å². The van der Waals surface area contributed by atoms with Gasteiger partial charge in [0.2, 0.25) is 0 Å². The number of aromatic nitrogens is 1. The monoisotopic (exact) mass is 261 g/mol. The third-order valence-electron chi connectivity index (χ3n) is 2.52. The van der Waals surface area contributed by atoms with Gasteiger partial charge in [-0.25, -0.2) is 15.1 Å². The first kappa shape index (κ1) is 12.6. The van der Waals surface area contributed by atoms with Gasteiger partial charge in [-0.1, -0.05) is 23.7 Å². The molecule has 1 amide bonds. The largest absolute Gasteiger partial charge is 0.311 e. The number of halogens is 1. The maximum Gasteiger partial charge on any atom is 0.311 e. The number of hydrogen-bond donors (Lipinski definition) is 1. The van der Waals surface area contributed by atoms with E-state index in [0.717, 1.165) is 11.1 Å². The molecular weight excluding hydrogens is 248 g/mol. The van der Waals surface area contributed by atoms with Crippen molar-refractivity contribution in [2.45, 2.75) is 13.3 Å². The lowest BCUT2D eigenvalue weighted by molar-refractivity contribution is -0.361. The molecule has 0 spiro atoms. The Morgan fingerprint density at radius 1 is 1.22 bits per heavy atom. The summed E-state index contributed by atoms with van der Waals surface area (Å²) in [5.74, 6) is 0.636. The number of benzene rings is 1. The number of rotatable bonds is 3. The Labute approximate surface area is 111 Å². The molecule has 1 aromatic carbocycles. The SMILES string of the molecule is Cc1ccc(NC(=O)Cc2ccc(Cl)cc2)[nH+]c1. The molecule has 0 fully saturated rings. The first-order valence-corrected chi connectivity index (χ1v) is 6.04. The van der Waals surface area contributed by atoms with E-state index in [1.54, 1.807) is 12.1 Å². The van der Waals surface area contributed by atoms with Crippen LogP contribution in [-0.2, 0) is 11.2 Å². The molecular formula is C14H14ClN2O+. The Hall–Kier alpha value is -1.87. The summed E-state index contributed by atoms with van der Waals surface area (Å²) >= 11 is 5.79. The molecule has 1 heterocycles. The Balaban J connectivity index is 1.96. The fraction of sp³-hybridized carbons (Fsp3) is 0.143. The summed E-state index contributed by atoms with van der Waals surface area (Å²) in [7, 11) is 0. The van der Waals surface area contributed by atoms with E-state index >= 15 is 0 Å². The molecule has 0 aliphatic heterocycles. The van der Waals surface area contributed by atoms with Crippen molar-refractivity contribution in [3.05, 3.63) is 58.7 Å². The number of anilines is 1. The summed E-state index contributed by atoms with van der Waals surface area (Å²) in [6, 6.07) is 11.0. The topological polar surface area (TPSA) is 43.2 Å². The highest BCUT2D eigenvalue weighted by Gasteiger charge is 2.10. The molecule has 18 heavy (non-hydrogen) atoms. The third-order valence-corrected chi connectivity index (χ3v) is 2.77. The van der Waals surface area contributed by atoms with E-state index in [9.17, 15) is 4.79 Å². The lowest BCUT2D eigenvalue weighted by Crippen LogP contribution is -2.20. The lowest BCUT2D eigenvalue weighted by Gasteiger charge is -1.99. The fourth-order valence-electron chi connectivity index (χ4n) is 1.56. The van der Waals surface area contributed by atoms with Crippen LogP contribution in [0.5, 0.6) is 0 Å². The van der Waals surface area contributed by atoms with Gasteiger partial charge in [0, 0.05) is 11.1 Å². The molecule has 0 atom stereocenters. The number of hydrogen-bond acceptors (Lipinski definition) is 1. The van der Waals surface area contributed by atoms with Crippen molar-refractivity contribution in [1.29, 1.82) is 0 Å². The molecule has 0 saturated carbocycles. The minimum atomic E-state index is -0.0579. The molecule has 4 heteroatoms. The molecule has 92 valence electrons. The molecule has 2 rings (SSSR count). The predicted octanol–water partition coefficient (Wildman–Crippen LogP) is 2.64. The van der Waals surface area contributed by atoms with Crippen LogP contribution >= 0.6 is 11.6 Å². The molecule has 0 unspecified atom stereocenters. The van der Waals surface area contributed by atoms with Crippen molar-refractivity contribution in [2.24, 2.45) is 0 Å². The van der Waals surface area contributed by atoms with Gasteiger partial charge in [0.1, 0.15) is 0 Å². The van der Waals surface area contributed by atoms with Crippen LogP contribution in [0, 0.1) is 6.92 Å². The van der Waals surface area contributed by atoms with Crippen LogP contribution in [0.2, 0.25) is 5.02 Å². The maximum absolute atomic E-state index is 11.8. The molecule has 0 aliphatic carbocycles. The van der Waals surface area contributed by atoms with Crippen LogP contribution < -0.4 is 10.3 Å². The third kappa shape index (κ3) is 3.57. The molecule has 0 bridgehead atoms. The van der Waals surface area contributed by atoms with Gasteiger partial charge in [0.05, 0.1) is 12.6 Å². The van der Waals surface area contributed by atoms with Crippen molar-refractivity contribution >= 4 is 23.3 Å². The van der Waals surface area contributed by atoms with Crippen LogP contribution in [0.4, 0.5) is 5.82 Å². The lowest BCUT2D eigenvalue weighted by atomic mass is 10.1. The number of H-pyrrole nitrogens is 1. The zero-order chi connectivity index (χ0) is 13.0. The van der Waals surface area contributed by atoms with Crippen molar-refractivity contribution in [3.63, 3.8) is 0 Å². The van der Waals surface area contributed by atoms with E-state index in [-0.39, 0.29) is 5.91 Å². The average molecular weight is 262 g/mol. The Kier molecular flexibility index (Phi) is 3.95. The Morgan fingerprint density at radius 2 is 1.94 bits per heavy atom. The second kappa shape index (κ2) is 5.65. The smallest absolute Gasteiger partial charge is 0.247 e. The van der Waals surface area contributed by atoms with Crippen molar-refractivity contribution in [3.8, 4) is 0 Å². The van der Waals surface area contributed by atoms with E-state index in [4.69, 9.17) is 11.6 Å². The first-order valence-electron chi connectivity index (χ1n) is 5.66. The van der Waals surface area contributed by atoms with E-state index in [0.29, 0.717) is 17.3 Å². The zero-order valence-corrected chi connectivity index (χ0v) is 10.8. The van der Waals surface area contributed by atoms with Gasteiger partial charge < -0.3 is 0 Å². The molecule has 0 saturated heterocycles. The summed E-state index contributed by atoms with van der Waals surface area (Å²) in [6.07, 6.45) is 2.18. The van der Waals surface area contributed by atoms with Crippen LogP contribution in [0.25, 0.3) is 0 Å². The molecule has 2 aromatic rings. The predicted molar refractivity (Wildman–Crippen MR) is 71.5 cm³/mol. The number of pyridine rings is 1.